The monoisotopic (exact) mass is 352 g/mol. The van der Waals surface area contributed by atoms with Crippen molar-refractivity contribution in [1.82, 2.24) is 4.57 Å². The first-order chi connectivity index (χ1) is 9.15. The van der Waals surface area contributed by atoms with Crippen LogP contribution in [-0.4, -0.2) is 4.57 Å². The van der Waals surface area contributed by atoms with Gasteiger partial charge in [-0.25, -0.2) is 0 Å². The quantitative estimate of drug-likeness (QED) is 0.840. The Morgan fingerprint density at radius 2 is 1.90 bits per heavy atom. The minimum absolute atomic E-state index is 0. The van der Waals surface area contributed by atoms with Crippen LogP contribution >= 0.6 is 28.3 Å². The van der Waals surface area contributed by atoms with Gasteiger partial charge in [-0.1, -0.05) is 18.2 Å². The van der Waals surface area contributed by atoms with Crippen molar-refractivity contribution in [2.75, 3.05) is 0 Å². The molecule has 20 heavy (non-hydrogen) atoms. The lowest BCUT2D eigenvalue weighted by Crippen LogP contribution is -2.18. The summed E-state index contributed by atoms with van der Waals surface area (Å²) in [4.78, 5) is 2.16. The van der Waals surface area contributed by atoms with Gasteiger partial charge in [-0.3, -0.25) is 5.41 Å². The number of aromatic nitrogens is 1. The third-order valence-corrected chi connectivity index (χ3v) is 5.19. The molecule has 0 saturated carbocycles. The molecule has 0 spiro atoms. The van der Waals surface area contributed by atoms with Crippen LogP contribution in [0.15, 0.2) is 18.2 Å². The maximum Gasteiger partial charge on any atom is 0.182 e. The van der Waals surface area contributed by atoms with Gasteiger partial charge >= 0.3 is 0 Å². The number of nitrogens with one attached hydrogen (secondary N) is 1. The minimum Gasteiger partial charge on any atom is -0.317 e. The van der Waals surface area contributed by atoms with Crippen molar-refractivity contribution in [1.29, 1.82) is 5.41 Å². The van der Waals surface area contributed by atoms with Crippen LogP contribution < -0.4 is 4.80 Å². The first-order valence-electron chi connectivity index (χ1n) is 6.97. The number of nitrogens with zero attached hydrogens (tertiary/aromatic N) is 1. The molecule has 0 unspecified atom stereocenters. The van der Waals surface area contributed by atoms with Crippen LogP contribution in [0.5, 0.6) is 0 Å². The van der Waals surface area contributed by atoms with Gasteiger partial charge in [0.25, 0.3) is 0 Å². The fraction of sp³-hybridized carbons (Fsp3) is 0.438. The molecule has 1 aliphatic rings. The number of hydrogen-bond donors (Lipinski definition) is 1. The fourth-order valence-corrected chi connectivity index (χ4v) is 3.90. The zero-order valence-electron chi connectivity index (χ0n) is 12.0. The van der Waals surface area contributed by atoms with E-state index in [1.165, 1.54) is 46.5 Å². The van der Waals surface area contributed by atoms with Crippen molar-refractivity contribution in [2.45, 2.75) is 46.1 Å². The molecular formula is C16H21BrN2S. The Balaban J connectivity index is 0.00000147. The molecule has 0 fully saturated rings. The lowest BCUT2D eigenvalue weighted by Gasteiger charge is -2.15. The van der Waals surface area contributed by atoms with Gasteiger partial charge in [0.15, 0.2) is 4.80 Å². The first-order valence-corrected chi connectivity index (χ1v) is 7.79. The Kier molecular flexibility index (Phi) is 4.86. The molecule has 2 nitrogen and oxygen atoms in total. The maximum absolute atomic E-state index is 8.19. The van der Waals surface area contributed by atoms with Crippen LogP contribution in [0.2, 0.25) is 0 Å². The molecule has 0 amide bonds. The average molecular weight is 353 g/mol. The van der Waals surface area contributed by atoms with Crippen molar-refractivity contribution in [3.05, 3.63) is 50.3 Å². The third kappa shape index (κ3) is 2.91. The number of halogens is 1. The first kappa shape index (κ1) is 15.5. The summed E-state index contributed by atoms with van der Waals surface area (Å²) in [5.74, 6) is 0. The second-order valence-corrected chi connectivity index (χ2v) is 6.57. The second-order valence-electron chi connectivity index (χ2n) is 5.49. The van der Waals surface area contributed by atoms with Gasteiger partial charge in [0.05, 0.1) is 6.54 Å². The standard InChI is InChI=1S/C16H20N2S.BrH/c1-11-7-8-13(9-12(11)2)10-18-14-5-3-4-6-15(14)19-16(18)17;/h7-9,17H,3-6,10H2,1-2H3;1H. The van der Waals surface area contributed by atoms with Crippen molar-refractivity contribution in [3.8, 4) is 0 Å². The SMILES string of the molecule is Br.Cc1ccc(Cn2c3c(sc2=N)CCCC3)cc1C. The molecule has 1 aromatic carbocycles. The highest BCUT2D eigenvalue weighted by Gasteiger charge is 2.16. The van der Waals surface area contributed by atoms with Crippen LogP contribution in [-0.2, 0) is 19.4 Å². The Hall–Kier alpha value is -0.870. The van der Waals surface area contributed by atoms with Crippen LogP contribution in [0, 0.1) is 19.3 Å². The van der Waals surface area contributed by atoms with Crippen LogP contribution in [0.25, 0.3) is 0 Å². The maximum atomic E-state index is 8.19. The van der Waals surface area contributed by atoms with E-state index in [9.17, 15) is 0 Å². The zero-order chi connectivity index (χ0) is 13.4. The molecule has 3 rings (SSSR count). The molecule has 1 aliphatic carbocycles. The van der Waals surface area contributed by atoms with E-state index in [4.69, 9.17) is 5.41 Å². The summed E-state index contributed by atoms with van der Waals surface area (Å²) in [6, 6.07) is 6.64. The van der Waals surface area contributed by atoms with E-state index < -0.39 is 0 Å². The van der Waals surface area contributed by atoms with E-state index in [0.29, 0.717) is 4.80 Å². The largest absolute Gasteiger partial charge is 0.317 e. The van der Waals surface area contributed by atoms with E-state index in [1.54, 1.807) is 11.3 Å². The third-order valence-electron chi connectivity index (χ3n) is 4.09. The number of rotatable bonds is 2. The number of fused-ring (bicyclic) bond motifs is 1. The number of aryl methyl sites for hydroxylation is 3. The van der Waals surface area contributed by atoms with Crippen molar-refractivity contribution >= 4 is 28.3 Å². The van der Waals surface area contributed by atoms with Gasteiger partial charge in [-0.2, -0.15) is 0 Å². The smallest absolute Gasteiger partial charge is 0.182 e. The summed E-state index contributed by atoms with van der Waals surface area (Å²) >= 11 is 1.67. The molecule has 4 heteroatoms. The van der Waals surface area contributed by atoms with Gasteiger partial charge in [0, 0.05) is 10.6 Å². The van der Waals surface area contributed by atoms with Crippen LogP contribution in [0.4, 0.5) is 0 Å². The van der Waals surface area contributed by atoms with Crippen molar-refractivity contribution in [3.63, 3.8) is 0 Å². The van der Waals surface area contributed by atoms with E-state index >= 15 is 0 Å². The average Bonchev–Trinajstić information content (AvgIpc) is 2.71. The highest BCUT2D eigenvalue weighted by molar-refractivity contribution is 8.93. The van der Waals surface area contributed by atoms with Gasteiger partial charge in [0.2, 0.25) is 0 Å². The molecule has 0 atom stereocenters. The highest BCUT2D eigenvalue weighted by Crippen LogP contribution is 2.24. The van der Waals surface area contributed by atoms with Gasteiger partial charge < -0.3 is 4.57 Å². The van der Waals surface area contributed by atoms with E-state index in [0.717, 1.165) is 13.0 Å². The summed E-state index contributed by atoms with van der Waals surface area (Å²) in [6.45, 7) is 5.16. The molecule has 1 aromatic heterocycles. The van der Waals surface area contributed by atoms with E-state index in [1.807, 2.05) is 0 Å². The highest BCUT2D eigenvalue weighted by atomic mass is 79.9. The zero-order valence-corrected chi connectivity index (χ0v) is 14.6. The van der Waals surface area contributed by atoms with Gasteiger partial charge in [0.1, 0.15) is 0 Å². The van der Waals surface area contributed by atoms with E-state index in [2.05, 4.69) is 36.6 Å². The Morgan fingerprint density at radius 3 is 2.65 bits per heavy atom. The Morgan fingerprint density at radius 1 is 1.15 bits per heavy atom. The predicted octanol–water partition coefficient (Wildman–Crippen LogP) is 4.15. The molecule has 0 bridgehead atoms. The summed E-state index contributed by atoms with van der Waals surface area (Å²) in [7, 11) is 0. The predicted molar refractivity (Wildman–Crippen MR) is 90.1 cm³/mol. The summed E-state index contributed by atoms with van der Waals surface area (Å²) < 4.78 is 2.21. The Bertz CT molecular complexity index is 670. The van der Waals surface area contributed by atoms with Crippen LogP contribution in [0.3, 0.4) is 0 Å². The molecule has 0 saturated heterocycles. The normalized spacial score (nSPS) is 13.7. The number of hydrogen-bond acceptors (Lipinski definition) is 2. The molecule has 1 N–H and O–H groups in total. The molecule has 0 radical (unpaired) electrons. The molecule has 0 aliphatic heterocycles. The number of benzene rings is 1. The van der Waals surface area contributed by atoms with Crippen molar-refractivity contribution < 1.29 is 0 Å². The minimum atomic E-state index is 0. The summed E-state index contributed by atoms with van der Waals surface area (Å²) in [5, 5.41) is 8.19. The van der Waals surface area contributed by atoms with E-state index in [-0.39, 0.29) is 17.0 Å². The van der Waals surface area contributed by atoms with Crippen LogP contribution in [0.1, 0.15) is 40.1 Å². The Labute approximate surface area is 134 Å². The molecule has 1 heterocycles. The summed E-state index contributed by atoms with van der Waals surface area (Å²) in [5.41, 5.74) is 5.41. The lowest BCUT2D eigenvalue weighted by molar-refractivity contribution is 0.619. The molecule has 108 valence electrons. The van der Waals surface area contributed by atoms with Gasteiger partial charge in [-0.15, -0.1) is 28.3 Å². The topological polar surface area (TPSA) is 28.8 Å². The lowest BCUT2D eigenvalue weighted by atomic mass is 10.0. The molecular weight excluding hydrogens is 332 g/mol. The van der Waals surface area contributed by atoms with Crippen molar-refractivity contribution in [2.24, 2.45) is 0 Å². The second kappa shape index (κ2) is 6.27. The fourth-order valence-electron chi connectivity index (χ4n) is 2.80. The molecule has 2 aromatic rings. The number of thiazole rings is 1. The summed E-state index contributed by atoms with van der Waals surface area (Å²) in [6.07, 6.45) is 4.88. The van der Waals surface area contributed by atoms with Gasteiger partial charge in [-0.05, 0) is 56.2 Å².